The molecule has 0 N–H and O–H groups in total. The van der Waals surface area contributed by atoms with E-state index >= 15 is 0 Å². The Morgan fingerprint density at radius 3 is 2.19 bits per heavy atom. The van der Waals surface area contributed by atoms with Crippen LogP contribution in [-0.4, -0.2) is 62.2 Å². The zero-order valence-corrected chi connectivity index (χ0v) is 19.9. The monoisotopic (exact) mass is 545 g/mol. The van der Waals surface area contributed by atoms with Gasteiger partial charge in [0, 0.05) is 0 Å². The van der Waals surface area contributed by atoms with Crippen LogP contribution in [0.15, 0.2) is 76.0 Å². The Morgan fingerprint density at radius 1 is 0.839 bits per heavy atom. The van der Waals surface area contributed by atoms with Crippen LogP contribution in [0.1, 0.15) is 3.58 Å². The van der Waals surface area contributed by atoms with Crippen LogP contribution in [0.25, 0.3) is 6.08 Å². The molecule has 0 radical (unpaired) electrons. The molecule has 5 rings (SSSR count). The Bertz CT molecular complexity index is 1240. The van der Waals surface area contributed by atoms with Gasteiger partial charge in [-0.15, -0.1) is 0 Å². The zero-order valence-electron chi connectivity index (χ0n) is 16.7. The van der Waals surface area contributed by atoms with Crippen molar-refractivity contribution >= 4 is 71.2 Å². The summed E-state index contributed by atoms with van der Waals surface area (Å²) in [5.41, 5.74) is 2.26. The fourth-order valence-electron chi connectivity index (χ4n) is 3.59. The van der Waals surface area contributed by atoms with Gasteiger partial charge in [-0.25, -0.2) is 0 Å². The first kappa shape index (κ1) is 20.1. The van der Waals surface area contributed by atoms with E-state index in [0.717, 1.165) is 34.5 Å². The number of nitrogens with zero attached hydrogens (tertiary/aromatic N) is 3. The number of rotatable bonds is 2. The standard InChI is InChI=1S/C23H17N3O3STe/c1-24-20(27)16(21(28)25(2)23(24)29)12-15-13-19-22(31-15)26(14-8-4-3-5-9-14)17-10-6-7-11-18(17)30-19/h3-13H,1-2H3. The molecule has 0 aliphatic carbocycles. The average Bonchev–Trinajstić information content (AvgIpc) is 3.20. The predicted octanol–water partition coefficient (Wildman–Crippen LogP) is 4.11. The molecule has 2 aromatic carbocycles. The number of likely N-dealkylation sites (N-methyl/N-ethyl adjacent to an activating group) is 2. The van der Waals surface area contributed by atoms with E-state index < -0.39 is 38.3 Å². The van der Waals surface area contributed by atoms with Crippen molar-refractivity contribution in [3.63, 3.8) is 0 Å². The molecular weight excluding hydrogens is 526 g/mol. The van der Waals surface area contributed by atoms with Gasteiger partial charge in [-0.05, 0) is 0 Å². The summed E-state index contributed by atoms with van der Waals surface area (Å²) in [4.78, 5) is 43.8. The second-order valence-corrected chi connectivity index (χ2v) is 11.2. The number of amides is 4. The van der Waals surface area contributed by atoms with Gasteiger partial charge in [0.2, 0.25) is 0 Å². The molecule has 2 aliphatic heterocycles. The SMILES string of the molecule is CN1C(=O)C(=Cc2cc3c([te]2)N(c2ccccc2)c2ccccc2S3)C(=O)N(C)C1=O. The van der Waals surface area contributed by atoms with E-state index in [9.17, 15) is 14.4 Å². The van der Waals surface area contributed by atoms with E-state index in [-0.39, 0.29) is 5.57 Å². The van der Waals surface area contributed by atoms with Crippen LogP contribution in [0.3, 0.4) is 0 Å². The van der Waals surface area contributed by atoms with Crippen LogP contribution >= 0.6 is 11.8 Å². The number of benzene rings is 2. The number of carbonyl (C=O) groups excluding carboxylic acids is 3. The number of hydrogen-bond donors (Lipinski definition) is 0. The van der Waals surface area contributed by atoms with E-state index in [0.29, 0.717) is 0 Å². The molecular formula is C23H17N3O3STe. The third-order valence-corrected chi connectivity index (χ3v) is 9.72. The Kier molecular flexibility index (Phi) is 5.01. The minimum atomic E-state index is -0.862. The quantitative estimate of drug-likeness (QED) is 0.217. The van der Waals surface area contributed by atoms with Gasteiger partial charge in [0.05, 0.1) is 0 Å². The summed E-state index contributed by atoms with van der Waals surface area (Å²) < 4.78 is 2.23. The summed E-state index contributed by atoms with van der Waals surface area (Å²) in [6.45, 7) is 0. The molecule has 8 heteroatoms. The van der Waals surface area contributed by atoms with Crippen LogP contribution in [-0.2, 0) is 9.59 Å². The van der Waals surface area contributed by atoms with Crippen LogP contribution in [0, 0.1) is 0 Å². The second kappa shape index (κ2) is 7.72. The van der Waals surface area contributed by atoms with Crippen molar-refractivity contribution in [3.8, 4) is 0 Å². The van der Waals surface area contributed by atoms with Crippen LogP contribution < -0.4 is 4.90 Å². The summed E-state index contributed by atoms with van der Waals surface area (Å²) in [6.07, 6.45) is 1.68. The number of hydrogen-bond acceptors (Lipinski definition) is 5. The molecule has 0 bridgehead atoms. The van der Waals surface area contributed by atoms with Crippen molar-refractivity contribution in [1.29, 1.82) is 0 Å². The molecule has 1 aromatic heterocycles. The summed E-state index contributed by atoms with van der Waals surface area (Å²) in [7, 11) is 2.79. The topological polar surface area (TPSA) is 60.9 Å². The maximum absolute atomic E-state index is 12.6. The number of fused-ring (bicyclic) bond motifs is 2. The molecule has 1 fully saturated rings. The Labute approximate surface area is 193 Å². The van der Waals surface area contributed by atoms with Gasteiger partial charge in [0.15, 0.2) is 0 Å². The van der Waals surface area contributed by atoms with Gasteiger partial charge in [0.25, 0.3) is 0 Å². The zero-order chi connectivity index (χ0) is 21.7. The molecule has 0 saturated carbocycles. The van der Waals surface area contributed by atoms with Gasteiger partial charge >= 0.3 is 194 Å². The number of para-hydroxylation sites is 2. The molecule has 3 aromatic rings. The van der Waals surface area contributed by atoms with Gasteiger partial charge < -0.3 is 0 Å². The number of anilines is 3. The van der Waals surface area contributed by atoms with Crippen molar-refractivity contribution in [1.82, 2.24) is 9.80 Å². The molecule has 2 aliphatic rings. The normalized spacial score (nSPS) is 15.9. The molecule has 0 atom stereocenters. The number of carbonyl (C=O) groups is 3. The summed E-state index contributed by atoms with van der Waals surface area (Å²) in [6, 6.07) is 20.0. The summed E-state index contributed by atoms with van der Waals surface area (Å²) in [5, 5.41) is 0. The van der Waals surface area contributed by atoms with E-state index in [4.69, 9.17) is 0 Å². The first-order valence-electron chi connectivity index (χ1n) is 9.53. The van der Waals surface area contributed by atoms with Gasteiger partial charge in [0.1, 0.15) is 0 Å². The molecule has 0 unspecified atom stereocenters. The van der Waals surface area contributed by atoms with Crippen molar-refractivity contribution < 1.29 is 14.4 Å². The average molecular weight is 543 g/mol. The molecule has 3 heterocycles. The number of urea groups is 1. The third-order valence-electron chi connectivity index (χ3n) is 5.17. The second-order valence-electron chi connectivity index (χ2n) is 7.13. The van der Waals surface area contributed by atoms with Crippen molar-refractivity contribution in [2.24, 2.45) is 0 Å². The molecule has 6 nitrogen and oxygen atoms in total. The fourth-order valence-corrected chi connectivity index (χ4v) is 8.41. The maximum atomic E-state index is 12.6. The van der Waals surface area contributed by atoms with E-state index in [2.05, 4.69) is 35.2 Å². The summed E-state index contributed by atoms with van der Waals surface area (Å²) >= 11 is 0.853. The Morgan fingerprint density at radius 2 is 1.48 bits per heavy atom. The van der Waals surface area contributed by atoms with E-state index in [1.807, 2.05) is 30.3 Å². The minimum absolute atomic E-state index is 0.0366. The summed E-state index contributed by atoms with van der Waals surface area (Å²) in [5.74, 6) is -1.11. The van der Waals surface area contributed by atoms with Crippen LogP contribution in [0.5, 0.6) is 0 Å². The Balaban J connectivity index is 1.62. The Hall–Kier alpha value is -2.79. The third kappa shape index (κ3) is 3.32. The van der Waals surface area contributed by atoms with Gasteiger partial charge in [-0.3, -0.25) is 0 Å². The van der Waals surface area contributed by atoms with Crippen LogP contribution in [0.2, 0.25) is 0 Å². The fraction of sp³-hybridized carbons (Fsp3) is 0.0870. The number of barbiturate groups is 1. The number of imide groups is 2. The molecule has 0 spiro atoms. The first-order valence-corrected chi connectivity index (χ1v) is 12.7. The molecule has 154 valence electrons. The van der Waals surface area contributed by atoms with Crippen LogP contribution in [0.4, 0.5) is 19.9 Å². The van der Waals surface area contributed by atoms with Gasteiger partial charge in [-0.2, -0.15) is 0 Å². The van der Waals surface area contributed by atoms with Crippen molar-refractivity contribution in [3.05, 3.63) is 69.8 Å². The predicted molar refractivity (Wildman–Crippen MR) is 121 cm³/mol. The van der Waals surface area contributed by atoms with Crippen molar-refractivity contribution in [2.75, 3.05) is 19.0 Å². The molecule has 1 saturated heterocycles. The molecule has 4 amide bonds. The first-order chi connectivity index (χ1) is 15.0. The van der Waals surface area contributed by atoms with E-state index in [1.54, 1.807) is 17.8 Å². The van der Waals surface area contributed by atoms with E-state index in [1.165, 1.54) is 17.8 Å². The molecule has 31 heavy (non-hydrogen) atoms. The van der Waals surface area contributed by atoms with Crippen molar-refractivity contribution in [2.45, 2.75) is 9.79 Å². The van der Waals surface area contributed by atoms with Gasteiger partial charge in [-0.1, -0.05) is 0 Å².